The van der Waals surface area contributed by atoms with Crippen molar-refractivity contribution < 1.29 is 27.7 Å². The van der Waals surface area contributed by atoms with Crippen molar-refractivity contribution in [2.45, 2.75) is 57.9 Å². The highest BCUT2D eigenvalue weighted by molar-refractivity contribution is 7.85. The molecule has 0 fully saturated rings. The lowest BCUT2D eigenvalue weighted by Gasteiger charge is -2.15. The molecule has 1 unspecified atom stereocenters. The first kappa shape index (κ1) is 22.1. The number of carboxylic acids is 1. The van der Waals surface area contributed by atoms with Crippen molar-refractivity contribution in [3.05, 3.63) is 35.4 Å². The van der Waals surface area contributed by atoms with Crippen LogP contribution in [0.25, 0.3) is 0 Å². The van der Waals surface area contributed by atoms with Crippen molar-refractivity contribution in [3.63, 3.8) is 0 Å². The van der Waals surface area contributed by atoms with Gasteiger partial charge in [-0.15, -0.1) is 0 Å². The second kappa shape index (κ2) is 10.9. The van der Waals surface area contributed by atoms with Gasteiger partial charge >= 0.3 is 5.97 Å². The molecular weight excluding hydrogens is 358 g/mol. The highest BCUT2D eigenvalue weighted by Gasteiger charge is 2.26. The van der Waals surface area contributed by atoms with E-state index in [-0.39, 0.29) is 0 Å². The number of benzene rings is 1. The second-order valence-electron chi connectivity index (χ2n) is 6.29. The summed E-state index contributed by atoms with van der Waals surface area (Å²) < 4.78 is 30.7. The van der Waals surface area contributed by atoms with Crippen LogP contribution < -0.4 is 5.32 Å². The Morgan fingerprint density at radius 1 is 1.08 bits per heavy atom. The van der Waals surface area contributed by atoms with E-state index in [1.165, 1.54) is 19.3 Å². The third kappa shape index (κ3) is 8.44. The van der Waals surface area contributed by atoms with E-state index in [0.29, 0.717) is 12.0 Å². The van der Waals surface area contributed by atoms with Gasteiger partial charge in [0.1, 0.15) is 11.8 Å². The monoisotopic (exact) mass is 385 g/mol. The van der Waals surface area contributed by atoms with Crippen LogP contribution in [0, 0.1) is 0 Å². The first-order chi connectivity index (χ1) is 12.2. The quantitative estimate of drug-likeness (QED) is 0.376. The highest BCUT2D eigenvalue weighted by Crippen LogP contribution is 2.14. The van der Waals surface area contributed by atoms with Crippen LogP contribution in [-0.4, -0.2) is 41.7 Å². The molecule has 1 aromatic carbocycles. The number of carboxylic acid groups (broad SMARTS) is 1. The fourth-order valence-corrected chi connectivity index (χ4v) is 3.32. The Balaban J connectivity index is 2.72. The number of nitrogens with one attached hydrogen (secondary N) is 1. The zero-order valence-electron chi connectivity index (χ0n) is 15.0. The molecule has 0 radical (unpaired) electrons. The van der Waals surface area contributed by atoms with Gasteiger partial charge in [0, 0.05) is 5.56 Å². The summed E-state index contributed by atoms with van der Waals surface area (Å²) in [5.41, 5.74) is 1.11. The third-order valence-corrected chi connectivity index (χ3v) is 4.80. The summed E-state index contributed by atoms with van der Waals surface area (Å²) in [5.74, 6) is -3.26. The van der Waals surface area contributed by atoms with Gasteiger partial charge in [0.15, 0.2) is 0 Å². The van der Waals surface area contributed by atoms with E-state index in [4.69, 9.17) is 9.66 Å². The molecule has 0 spiro atoms. The topological polar surface area (TPSA) is 121 Å². The number of aliphatic carboxylic acids is 1. The Labute approximate surface area is 154 Å². The van der Waals surface area contributed by atoms with E-state index in [0.717, 1.165) is 24.8 Å². The number of unbranched alkanes of at least 4 members (excludes halogenated alkanes) is 5. The van der Waals surface area contributed by atoms with Crippen molar-refractivity contribution in [1.82, 2.24) is 5.32 Å². The number of rotatable bonds is 12. The average Bonchev–Trinajstić information content (AvgIpc) is 2.56. The Kier molecular flexibility index (Phi) is 9.29. The minimum atomic E-state index is -4.53. The molecule has 1 atom stereocenters. The van der Waals surface area contributed by atoms with Gasteiger partial charge < -0.3 is 10.4 Å². The number of carbonyl (C=O) groups is 2. The molecule has 1 amide bonds. The van der Waals surface area contributed by atoms with E-state index in [1.807, 2.05) is 0 Å². The summed E-state index contributed by atoms with van der Waals surface area (Å²) in [5, 5.41) is 11.2. The van der Waals surface area contributed by atoms with E-state index < -0.39 is 33.8 Å². The SMILES string of the molecule is CCCCCCCCc1ccccc1C(=O)NC(CS(=O)(=O)O)C(=O)O. The first-order valence-electron chi connectivity index (χ1n) is 8.81. The van der Waals surface area contributed by atoms with Crippen molar-refractivity contribution in [2.24, 2.45) is 0 Å². The molecule has 0 aliphatic carbocycles. The summed E-state index contributed by atoms with van der Waals surface area (Å²) in [6, 6.07) is 5.14. The lowest BCUT2D eigenvalue weighted by Crippen LogP contribution is -2.45. The number of amides is 1. The number of hydrogen-bond acceptors (Lipinski definition) is 4. The van der Waals surface area contributed by atoms with E-state index >= 15 is 0 Å². The molecular formula is C18H27NO6S. The molecule has 0 aliphatic heterocycles. The Hall–Kier alpha value is -1.93. The largest absolute Gasteiger partial charge is 0.480 e. The Morgan fingerprint density at radius 3 is 2.31 bits per heavy atom. The molecule has 0 saturated carbocycles. The second-order valence-corrected chi connectivity index (χ2v) is 7.78. The summed E-state index contributed by atoms with van der Waals surface area (Å²) in [6.45, 7) is 2.15. The average molecular weight is 385 g/mol. The Morgan fingerprint density at radius 2 is 1.69 bits per heavy atom. The summed E-state index contributed by atoms with van der Waals surface area (Å²) in [4.78, 5) is 23.5. The van der Waals surface area contributed by atoms with Crippen molar-refractivity contribution in [3.8, 4) is 0 Å². The molecule has 8 heteroatoms. The maximum atomic E-state index is 12.4. The molecule has 146 valence electrons. The molecule has 0 bridgehead atoms. The van der Waals surface area contributed by atoms with Crippen LogP contribution in [0.15, 0.2) is 24.3 Å². The summed E-state index contributed by atoms with van der Waals surface area (Å²) in [6.07, 6.45) is 7.37. The third-order valence-electron chi connectivity index (χ3n) is 4.04. The normalized spacial score (nSPS) is 12.5. The highest BCUT2D eigenvalue weighted by atomic mass is 32.2. The van der Waals surface area contributed by atoms with Gasteiger partial charge in [-0.2, -0.15) is 8.42 Å². The van der Waals surface area contributed by atoms with Crippen LogP contribution in [0.2, 0.25) is 0 Å². The van der Waals surface area contributed by atoms with Crippen LogP contribution in [0.5, 0.6) is 0 Å². The molecule has 0 saturated heterocycles. The number of carbonyl (C=O) groups excluding carboxylic acids is 1. The van der Waals surface area contributed by atoms with Gasteiger partial charge in [-0.1, -0.05) is 57.2 Å². The van der Waals surface area contributed by atoms with Crippen LogP contribution in [0.4, 0.5) is 0 Å². The molecule has 0 heterocycles. The smallest absolute Gasteiger partial charge is 0.327 e. The molecule has 0 aromatic heterocycles. The van der Waals surface area contributed by atoms with Crippen molar-refractivity contribution in [1.29, 1.82) is 0 Å². The first-order valence-corrected chi connectivity index (χ1v) is 10.4. The van der Waals surface area contributed by atoms with Crippen LogP contribution >= 0.6 is 0 Å². The molecule has 3 N–H and O–H groups in total. The summed E-state index contributed by atoms with van der Waals surface area (Å²) in [7, 11) is -4.53. The van der Waals surface area contributed by atoms with Gasteiger partial charge in [-0.05, 0) is 24.5 Å². The standard InChI is InChI=1S/C18H27NO6S/c1-2-3-4-5-6-7-10-14-11-8-9-12-15(14)17(20)19-16(18(21)22)13-26(23,24)25/h8-9,11-12,16H,2-7,10,13H2,1H3,(H,19,20)(H,21,22)(H,23,24,25). The number of aryl methyl sites for hydroxylation is 1. The van der Waals surface area contributed by atoms with Gasteiger partial charge in [-0.3, -0.25) is 9.35 Å². The zero-order chi connectivity index (χ0) is 19.6. The lowest BCUT2D eigenvalue weighted by molar-refractivity contribution is -0.138. The van der Waals surface area contributed by atoms with Gasteiger partial charge in [-0.25, -0.2) is 4.79 Å². The van der Waals surface area contributed by atoms with E-state index in [2.05, 4.69) is 12.2 Å². The number of hydrogen-bond donors (Lipinski definition) is 3. The Bertz CT molecular complexity index is 701. The molecule has 1 rings (SSSR count). The van der Waals surface area contributed by atoms with Gasteiger partial charge in [0.05, 0.1) is 0 Å². The molecule has 7 nitrogen and oxygen atoms in total. The molecule has 0 aliphatic rings. The maximum Gasteiger partial charge on any atom is 0.327 e. The van der Waals surface area contributed by atoms with Crippen molar-refractivity contribution in [2.75, 3.05) is 5.75 Å². The van der Waals surface area contributed by atoms with Crippen LogP contribution in [-0.2, 0) is 21.3 Å². The molecule has 1 aromatic rings. The lowest BCUT2D eigenvalue weighted by atomic mass is 9.99. The predicted molar refractivity (Wildman–Crippen MR) is 98.8 cm³/mol. The van der Waals surface area contributed by atoms with Gasteiger partial charge in [0.2, 0.25) is 0 Å². The zero-order valence-corrected chi connectivity index (χ0v) is 15.8. The summed E-state index contributed by atoms with van der Waals surface area (Å²) >= 11 is 0. The predicted octanol–water partition coefficient (Wildman–Crippen LogP) is 2.66. The minimum absolute atomic E-state index is 0.322. The van der Waals surface area contributed by atoms with Crippen molar-refractivity contribution >= 4 is 22.0 Å². The molecule has 26 heavy (non-hydrogen) atoms. The fourth-order valence-electron chi connectivity index (χ4n) is 2.68. The van der Waals surface area contributed by atoms with Gasteiger partial charge in [0.25, 0.3) is 16.0 Å². The fraction of sp³-hybridized carbons (Fsp3) is 0.556. The van der Waals surface area contributed by atoms with Crippen LogP contribution in [0.1, 0.15) is 61.4 Å². The minimum Gasteiger partial charge on any atom is -0.480 e. The maximum absolute atomic E-state index is 12.4. The van der Waals surface area contributed by atoms with Crippen LogP contribution in [0.3, 0.4) is 0 Å². The van der Waals surface area contributed by atoms with E-state index in [1.54, 1.807) is 24.3 Å². The van der Waals surface area contributed by atoms with E-state index in [9.17, 15) is 18.0 Å².